The monoisotopic (exact) mass is 278 g/mol. The Morgan fingerprint density at radius 3 is 2.89 bits per heavy atom. The first-order chi connectivity index (χ1) is 9.28. The number of nitrogens with zero attached hydrogens (tertiary/aromatic N) is 3. The molecule has 3 heterocycles. The molecule has 1 N–H and O–H groups in total. The van der Waals surface area contributed by atoms with Crippen molar-refractivity contribution in [1.82, 2.24) is 15.3 Å². The van der Waals surface area contributed by atoms with Crippen LogP contribution in [-0.4, -0.2) is 43.3 Å². The topological polar surface area (TPSA) is 50.3 Å². The largest absolute Gasteiger partial charge is 0.378 e. The number of fused-ring (bicyclic) bond motifs is 1. The molecule has 0 aromatic carbocycles. The predicted octanol–water partition coefficient (Wildman–Crippen LogP) is 1.56. The highest BCUT2D eigenvalue weighted by Gasteiger charge is 2.18. The number of thiophene rings is 1. The summed E-state index contributed by atoms with van der Waals surface area (Å²) >= 11 is 1.78. The lowest BCUT2D eigenvalue weighted by molar-refractivity contribution is 0.122. The van der Waals surface area contributed by atoms with Gasteiger partial charge in [-0.3, -0.25) is 0 Å². The smallest absolute Gasteiger partial charge is 0.150 e. The van der Waals surface area contributed by atoms with Crippen molar-refractivity contribution in [1.29, 1.82) is 0 Å². The summed E-state index contributed by atoms with van der Waals surface area (Å²) < 4.78 is 6.61. The first-order valence-electron chi connectivity index (χ1n) is 6.52. The number of morpholine rings is 1. The quantitative estimate of drug-likeness (QED) is 0.923. The van der Waals surface area contributed by atoms with Crippen LogP contribution in [0.3, 0.4) is 0 Å². The molecule has 0 aliphatic carbocycles. The fourth-order valence-electron chi connectivity index (χ4n) is 2.33. The van der Waals surface area contributed by atoms with Gasteiger partial charge in [-0.2, -0.15) is 0 Å². The molecule has 6 heteroatoms. The average Bonchev–Trinajstić information content (AvgIpc) is 2.81. The zero-order valence-corrected chi connectivity index (χ0v) is 12.1. The summed E-state index contributed by atoms with van der Waals surface area (Å²) in [6.07, 6.45) is 0. The fourth-order valence-corrected chi connectivity index (χ4v) is 3.45. The minimum absolute atomic E-state index is 0.777. The number of aromatic nitrogens is 2. The van der Waals surface area contributed by atoms with Gasteiger partial charge in [0.25, 0.3) is 0 Å². The minimum atomic E-state index is 0.777. The molecule has 102 valence electrons. The van der Waals surface area contributed by atoms with Gasteiger partial charge in [-0.05, 0) is 20.0 Å². The Morgan fingerprint density at radius 2 is 2.16 bits per heavy atom. The number of hydrogen-bond donors (Lipinski definition) is 1. The van der Waals surface area contributed by atoms with Crippen LogP contribution in [0.1, 0.15) is 10.7 Å². The number of nitrogens with one attached hydrogen (secondary N) is 1. The van der Waals surface area contributed by atoms with Crippen molar-refractivity contribution in [2.24, 2.45) is 0 Å². The summed E-state index contributed by atoms with van der Waals surface area (Å²) in [6, 6.07) is 2.16. The van der Waals surface area contributed by atoms with Crippen LogP contribution in [-0.2, 0) is 11.3 Å². The standard InChI is InChI=1S/C13H18N4OS/c1-9-15-11-7-10(8-14-2)19-12(11)13(16-9)17-3-5-18-6-4-17/h7,14H,3-6,8H2,1-2H3. The van der Waals surface area contributed by atoms with Crippen LogP contribution in [0, 0.1) is 6.92 Å². The number of rotatable bonds is 3. The zero-order chi connectivity index (χ0) is 13.2. The maximum atomic E-state index is 5.42. The molecule has 0 spiro atoms. The van der Waals surface area contributed by atoms with E-state index in [1.807, 2.05) is 14.0 Å². The molecular weight excluding hydrogens is 260 g/mol. The number of ether oxygens (including phenoxy) is 1. The molecule has 0 atom stereocenters. The summed E-state index contributed by atoms with van der Waals surface area (Å²) in [7, 11) is 1.96. The molecule has 19 heavy (non-hydrogen) atoms. The van der Waals surface area contributed by atoms with Gasteiger partial charge in [-0.25, -0.2) is 9.97 Å². The van der Waals surface area contributed by atoms with Crippen LogP contribution in [0.5, 0.6) is 0 Å². The molecule has 3 rings (SSSR count). The fraction of sp³-hybridized carbons (Fsp3) is 0.538. The highest BCUT2D eigenvalue weighted by Crippen LogP contribution is 2.32. The lowest BCUT2D eigenvalue weighted by Gasteiger charge is -2.28. The van der Waals surface area contributed by atoms with E-state index < -0.39 is 0 Å². The minimum Gasteiger partial charge on any atom is -0.378 e. The van der Waals surface area contributed by atoms with Crippen molar-refractivity contribution in [3.8, 4) is 0 Å². The summed E-state index contributed by atoms with van der Waals surface area (Å²) in [5, 5.41) is 3.19. The van der Waals surface area contributed by atoms with E-state index in [2.05, 4.69) is 26.3 Å². The molecule has 1 aliphatic heterocycles. The molecule has 0 unspecified atom stereocenters. The maximum absolute atomic E-state index is 5.42. The Morgan fingerprint density at radius 1 is 1.37 bits per heavy atom. The molecule has 0 bridgehead atoms. The first-order valence-corrected chi connectivity index (χ1v) is 7.34. The van der Waals surface area contributed by atoms with Gasteiger partial charge in [0, 0.05) is 24.5 Å². The van der Waals surface area contributed by atoms with Gasteiger partial charge < -0.3 is 15.0 Å². The highest BCUT2D eigenvalue weighted by molar-refractivity contribution is 7.19. The summed E-state index contributed by atoms with van der Waals surface area (Å²) in [6.45, 7) is 6.20. The molecule has 2 aromatic heterocycles. The van der Waals surface area contributed by atoms with Gasteiger partial charge in [0.1, 0.15) is 5.82 Å². The van der Waals surface area contributed by atoms with Crippen LogP contribution in [0.25, 0.3) is 10.2 Å². The van der Waals surface area contributed by atoms with Gasteiger partial charge in [-0.15, -0.1) is 11.3 Å². The zero-order valence-electron chi connectivity index (χ0n) is 11.3. The molecule has 5 nitrogen and oxygen atoms in total. The van der Waals surface area contributed by atoms with Crippen molar-refractivity contribution in [2.45, 2.75) is 13.5 Å². The van der Waals surface area contributed by atoms with Gasteiger partial charge in [0.15, 0.2) is 5.82 Å². The van der Waals surface area contributed by atoms with Crippen molar-refractivity contribution in [3.63, 3.8) is 0 Å². The number of anilines is 1. The van der Waals surface area contributed by atoms with Gasteiger partial charge in [0.2, 0.25) is 0 Å². The second-order valence-corrected chi connectivity index (χ2v) is 5.79. The third-order valence-corrected chi connectivity index (χ3v) is 4.30. The Kier molecular flexibility index (Phi) is 3.63. The first kappa shape index (κ1) is 12.8. The van der Waals surface area contributed by atoms with E-state index in [1.165, 1.54) is 9.58 Å². The highest BCUT2D eigenvalue weighted by atomic mass is 32.1. The van der Waals surface area contributed by atoms with Crippen LogP contribution in [0.15, 0.2) is 6.07 Å². The van der Waals surface area contributed by atoms with Crippen LogP contribution in [0.4, 0.5) is 5.82 Å². The van der Waals surface area contributed by atoms with Gasteiger partial charge in [-0.1, -0.05) is 0 Å². The predicted molar refractivity (Wildman–Crippen MR) is 77.9 cm³/mol. The third kappa shape index (κ3) is 2.56. The molecule has 2 aromatic rings. The maximum Gasteiger partial charge on any atom is 0.150 e. The SMILES string of the molecule is CNCc1cc2nc(C)nc(N3CCOCC3)c2s1. The van der Waals surface area contributed by atoms with E-state index in [4.69, 9.17) is 4.74 Å². The van der Waals surface area contributed by atoms with Crippen LogP contribution < -0.4 is 10.2 Å². The summed E-state index contributed by atoms with van der Waals surface area (Å²) in [4.78, 5) is 12.8. The Bertz CT molecular complexity index is 577. The molecule has 0 saturated carbocycles. The van der Waals surface area contributed by atoms with Gasteiger partial charge in [0.05, 0.1) is 23.4 Å². The van der Waals surface area contributed by atoms with Crippen LogP contribution in [0.2, 0.25) is 0 Å². The molecule has 0 amide bonds. The van der Waals surface area contributed by atoms with Gasteiger partial charge >= 0.3 is 0 Å². The lowest BCUT2D eigenvalue weighted by Crippen LogP contribution is -2.36. The number of aryl methyl sites for hydroxylation is 1. The molecule has 1 saturated heterocycles. The molecule has 0 radical (unpaired) electrons. The Balaban J connectivity index is 2.05. The van der Waals surface area contributed by atoms with E-state index in [9.17, 15) is 0 Å². The molecular formula is C13H18N4OS. The molecule has 1 fully saturated rings. The van der Waals surface area contributed by atoms with E-state index in [1.54, 1.807) is 11.3 Å². The Labute approximate surface area is 116 Å². The Hall–Kier alpha value is -1.24. The van der Waals surface area contributed by atoms with Crippen molar-refractivity contribution >= 4 is 27.4 Å². The lowest BCUT2D eigenvalue weighted by atomic mass is 10.3. The normalized spacial score (nSPS) is 16.2. The molecule has 1 aliphatic rings. The van der Waals surface area contributed by atoms with Crippen molar-refractivity contribution in [2.75, 3.05) is 38.3 Å². The van der Waals surface area contributed by atoms with E-state index in [0.29, 0.717) is 0 Å². The second-order valence-electron chi connectivity index (χ2n) is 4.65. The third-order valence-electron chi connectivity index (χ3n) is 3.18. The van der Waals surface area contributed by atoms with Crippen molar-refractivity contribution in [3.05, 3.63) is 16.8 Å². The second kappa shape index (κ2) is 5.40. The van der Waals surface area contributed by atoms with E-state index >= 15 is 0 Å². The summed E-state index contributed by atoms with van der Waals surface area (Å²) in [5.41, 5.74) is 1.06. The van der Waals surface area contributed by atoms with Crippen LogP contribution >= 0.6 is 11.3 Å². The average molecular weight is 278 g/mol. The van der Waals surface area contributed by atoms with E-state index in [0.717, 1.165) is 50.0 Å². The van der Waals surface area contributed by atoms with E-state index in [-0.39, 0.29) is 0 Å². The van der Waals surface area contributed by atoms with Crippen molar-refractivity contribution < 1.29 is 4.74 Å². The number of hydrogen-bond acceptors (Lipinski definition) is 6. The summed E-state index contributed by atoms with van der Waals surface area (Å²) in [5.74, 6) is 1.90.